The number of likely N-dealkylation sites (N-methyl/N-ethyl adjacent to an activating group) is 1. The molecule has 0 atom stereocenters. The van der Waals surface area contributed by atoms with Crippen molar-refractivity contribution >= 4 is 34.1 Å². The Hall–Kier alpha value is -3.95. The predicted octanol–water partition coefficient (Wildman–Crippen LogP) is 4.32. The second-order valence-corrected chi connectivity index (χ2v) is 8.12. The van der Waals surface area contributed by atoms with E-state index in [9.17, 15) is 22.8 Å². The number of methoxy groups -OCH3 is 1. The fraction of sp³-hybridized carbons (Fsp3) is 0.217. The van der Waals surface area contributed by atoms with Gasteiger partial charge in [-0.3, -0.25) is 15.1 Å². The molecule has 2 heterocycles. The van der Waals surface area contributed by atoms with E-state index in [1.165, 1.54) is 22.4 Å². The average molecular weight is 504 g/mol. The van der Waals surface area contributed by atoms with Crippen LogP contribution in [0.25, 0.3) is 0 Å². The Kier molecular flexibility index (Phi) is 8.40. The van der Waals surface area contributed by atoms with Gasteiger partial charge in [0.25, 0.3) is 5.91 Å². The zero-order chi connectivity index (χ0) is 25.4. The summed E-state index contributed by atoms with van der Waals surface area (Å²) in [5.74, 6) is 5.07. The Labute approximate surface area is 203 Å². The lowest BCUT2D eigenvalue weighted by molar-refractivity contribution is -0.137. The first-order valence-electron chi connectivity index (χ1n) is 10.1. The molecule has 0 spiro atoms. The third-order valence-corrected chi connectivity index (χ3v) is 5.30. The molecule has 0 radical (unpaired) electrons. The Morgan fingerprint density at radius 1 is 1.14 bits per heavy atom. The molecule has 182 valence electrons. The molecule has 8 nitrogen and oxygen atoms in total. The molecule has 0 aliphatic rings. The third-order valence-electron chi connectivity index (χ3n) is 4.47. The molecule has 3 rings (SSSR count). The number of anilines is 2. The van der Waals surface area contributed by atoms with Crippen LogP contribution >= 0.6 is 11.3 Å². The summed E-state index contributed by atoms with van der Waals surface area (Å²) in [5, 5.41) is 5.58. The van der Waals surface area contributed by atoms with E-state index in [0.29, 0.717) is 40.5 Å². The Morgan fingerprint density at radius 2 is 1.94 bits per heavy atom. The van der Waals surface area contributed by atoms with E-state index in [-0.39, 0.29) is 11.7 Å². The molecule has 0 unspecified atom stereocenters. The molecule has 0 saturated carbocycles. The summed E-state index contributed by atoms with van der Waals surface area (Å²) < 4.78 is 43.6. The van der Waals surface area contributed by atoms with E-state index >= 15 is 0 Å². The smallest absolute Gasteiger partial charge is 0.383 e. The number of carbonyl (C=O) groups is 2. The van der Waals surface area contributed by atoms with Gasteiger partial charge in [-0.05, 0) is 36.3 Å². The normalized spacial score (nSPS) is 10.8. The maximum absolute atomic E-state index is 12.9. The van der Waals surface area contributed by atoms with Gasteiger partial charge in [-0.25, -0.2) is 9.78 Å². The first-order chi connectivity index (χ1) is 16.7. The SMILES string of the molecule is COCCN(C)C(=O)Nc1ncc(C#Cc2cccc(NC(=O)c3cc(C(F)(F)F)ccn3)c2)s1. The topological polar surface area (TPSA) is 96.5 Å². The van der Waals surface area contributed by atoms with Crippen LogP contribution in [0, 0.1) is 11.8 Å². The lowest BCUT2D eigenvalue weighted by Crippen LogP contribution is -2.33. The largest absolute Gasteiger partial charge is 0.416 e. The lowest BCUT2D eigenvalue weighted by Gasteiger charge is -2.15. The molecule has 0 aliphatic heterocycles. The number of hydrogen-bond donors (Lipinski definition) is 2. The third kappa shape index (κ3) is 7.53. The zero-order valence-corrected chi connectivity index (χ0v) is 19.5. The minimum Gasteiger partial charge on any atom is -0.383 e. The molecule has 35 heavy (non-hydrogen) atoms. The summed E-state index contributed by atoms with van der Waals surface area (Å²) in [6.07, 6.45) is -2.12. The molecular weight excluding hydrogens is 483 g/mol. The van der Waals surface area contributed by atoms with Crippen LogP contribution < -0.4 is 10.6 Å². The van der Waals surface area contributed by atoms with Gasteiger partial charge in [0.2, 0.25) is 0 Å². The molecule has 2 N–H and O–H groups in total. The summed E-state index contributed by atoms with van der Waals surface area (Å²) in [6, 6.07) is 7.67. The highest BCUT2D eigenvalue weighted by molar-refractivity contribution is 7.16. The number of alkyl halides is 3. The molecule has 0 saturated heterocycles. The van der Waals surface area contributed by atoms with Crippen molar-refractivity contribution in [1.29, 1.82) is 0 Å². The van der Waals surface area contributed by atoms with Crippen molar-refractivity contribution in [3.8, 4) is 11.8 Å². The highest BCUT2D eigenvalue weighted by Crippen LogP contribution is 2.29. The van der Waals surface area contributed by atoms with Gasteiger partial charge in [0.05, 0.1) is 23.2 Å². The van der Waals surface area contributed by atoms with E-state index in [0.717, 1.165) is 12.3 Å². The molecule has 0 bridgehead atoms. The van der Waals surface area contributed by atoms with Gasteiger partial charge >= 0.3 is 12.2 Å². The Balaban J connectivity index is 1.65. The fourth-order valence-corrected chi connectivity index (χ4v) is 3.30. The number of hydrogen-bond acceptors (Lipinski definition) is 6. The maximum atomic E-state index is 12.9. The first-order valence-corrected chi connectivity index (χ1v) is 10.9. The van der Waals surface area contributed by atoms with Crippen LogP contribution in [0.1, 0.15) is 26.5 Å². The number of carbonyl (C=O) groups excluding carboxylic acids is 2. The monoisotopic (exact) mass is 503 g/mol. The number of halogens is 3. The molecular formula is C23H20F3N5O3S. The number of urea groups is 1. The Bertz CT molecular complexity index is 1270. The summed E-state index contributed by atoms with van der Waals surface area (Å²) in [5.41, 5.74) is -0.419. The number of nitrogens with zero attached hydrogens (tertiary/aromatic N) is 3. The van der Waals surface area contributed by atoms with Crippen LogP contribution in [0.3, 0.4) is 0 Å². The molecule has 1 aromatic carbocycles. The number of aromatic nitrogens is 2. The second kappa shape index (κ2) is 11.5. The van der Waals surface area contributed by atoms with Crippen molar-refractivity contribution in [1.82, 2.24) is 14.9 Å². The lowest BCUT2D eigenvalue weighted by atomic mass is 10.2. The number of pyridine rings is 1. The number of amides is 3. The molecule has 0 aliphatic carbocycles. The zero-order valence-electron chi connectivity index (χ0n) is 18.6. The summed E-state index contributed by atoms with van der Waals surface area (Å²) in [6.45, 7) is 0.839. The number of thiazole rings is 1. The highest BCUT2D eigenvalue weighted by atomic mass is 32.1. The highest BCUT2D eigenvalue weighted by Gasteiger charge is 2.31. The van der Waals surface area contributed by atoms with Gasteiger partial charge in [-0.1, -0.05) is 23.3 Å². The van der Waals surface area contributed by atoms with Crippen LogP contribution in [0.15, 0.2) is 48.8 Å². The average Bonchev–Trinajstić information content (AvgIpc) is 3.28. The number of ether oxygens (including phenoxy) is 1. The van der Waals surface area contributed by atoms with Crippen molar-refractivity contribution in [2.24, 2.45) is 0 Å². The van der Waals surface area contributed by atoms with Gasteiger partial charge in [0, 0.05) is 38.1 Å². The molecule has 3 amide bonds. The summed E-state index contributed by atoms with van der Waals surface area (Å²) >= 11 is 1.19. The summed E-state index contributed by atoms with van der Waals surface area (Å²) in [4.78, 5) is 34.4. The van der Waals surface area contributed by atoms with Gasteiger partial charge in [-0.15, -0.1) is 0 Å². The molecule has 0 fully saturated rings. The van der Waals surface area contributed by atoms with Crippen LogP contribution in [0.4, 0.5) is 28.8 Å². The van der Waals surface area contributed by atoms with E-state index in [4.69, 9.17) is 4.74 Å². The van der Waals surface area contributed by atoms with E-state index in [1.807, 2.05) is 0 Å². The number of rotatable bonds is 6. The van der Waals surface area contributed by atoms with Crippen molar-refractivity contribution in [2.75, 3.05) is 37.9 Å². The first kappa shape index (κ1) is 25.7. The van der Waals surface area contributed by atoms with Crippen molar-refractivity contribution in [3.05, 3.63) is 70.5 Å². The van der Waals surface area contributed by atoms with Gasteiger partial charge in [-0.2, -0.15) is 13.2 Å². The minimum atomic E-state index is -4.58. The van der Waals surface area contributed by atoms with Gasteiger partial charge < -0.3 is 15.0 Å². The van der Waals surface area contributed by atoms with Crippen LogP contribution in [-0.4, -0.2) is 54.1 Å². The van der Waals surface area contributed by atoms with E-state index in [2.05, 4.69) is 32.4 Å². The fourth-order valence-electron chi connectivity index (χ4n) is 2.64. The van der Waals surface area contributed by atoms with Crippen molar-refractivity contribution in [3.63, 3.8) is 0 Å². The van der Waals surface area contributed by atoms with Crippen molar-refractivity contribution < 1.29 is 27.5 Å². The van der Waals surface area contributed by atoms with E-state index in [1.54, 1.807) is 38.4 Å². The number of benzene rings is 1. The standard InChI is InChI=1S/C23H20F3N5O3S/c1-31(10-11-34-2)22(33)30-21-28-14-18(35-21)7-6-15-4-3-5-17(12-15)29-20(32)19-13-16(8-9-27-19)23(24,25)26/h3-5,8-9,12-14H,10-11H2,1-2H3,(H,29,32)(H,28,30,33). The molecule has 12 heteroatoms. The quantitative estimate of drug-likeness (QED) is 0.489. The van der Waals surface area contributed by atoms with Crippen molar-refractivity contribution in [2.45, 2.75) is 6.18 Å². The van der Waals surface area contributed by atoms with Crippen LogP contribution in [0.2, 0.25) is 0 Å². The predicted molar refractivity (Wildman–Crippen MR) is 125 cm³/mol. The maximum Gasteiger partial charge on any atom is 0.416 e. The molecule has 2 aromatic heterocycles. The van der Waals surface area contributed by atoms with Crippen LogP contribution in [0.5, 0.6) is 0 Å². The Morgan fingerprint density at radius 3 is 2.69 bits per heavy atom. The van der Waals surface area contributed by atoms with Crippen LogP contribution in [-0.2, 0) is 10.9 Å². The minimum absolute atomic E-state index is 0.324. The van der Waals surface area contributed by atoms with Gasteiger partial charge in [0.15, 0.2) is 5.13 Å². The second-order valence-electron chi connectivity index (χ2n) is 7.09. The number of nitrogens with one attached hydrogen (secondary N) is 2. The van der Waals surface area contributed by atoms with E-state index < -0.39 is 17.6 Å². The summed E-state index contributed by atoms with van der Waals surface area (Å²) in [7, 11) is 3.19. The molecule has 3 aromatic rings. The van der Waals surface area contributed by atoms with Gasteiger partial charge in [0.1, 0.15) is 5.69 Å².